The van der Waals surface area contributed by atoms with E-state index < -0.39 is 10.0 Å². The molecule has 1 aliphatic rings. The molecule has 4 heteroatoms. The Hall–Kier alpha value is -1.55. The molecule has 2 aromatic carbocycles. The number of hydrogen-bond acceptors (Lipinski definition) is 2. The molecule has 0 unspecified atom stereocenters. The van der Waals surface area contributed by atoms with Gasteiger partial charge in [0, 0.05) is 6.76 Å². The first-order valence-corrected chi connectivity index (χ1v) is 5.98. The van der Waals surface area contributed by atoms with E-state index in [1.807, 2.05) is 6.07 Å². The Balaban J connectivity index is 2.55. The lowest BCUT2D eigenvalue weighted by Crippen LogP contribution is -2.05. The fourth-order valence-corrected chi connectivity index (χ4v) is 3.25. The molecule has 76 valence electrons. The average molecular weight is 220 g/mol. The van der Waals surface area contributed by atoms with Gasteiger partial charge in [-0.1, -0.05) is 18.2 Å². The van der Waals surface area contributed by atoms with Gasteiger partial charge >= 0.3 is 0 Å². The van der Waals surface area contributed by atoms with Crippen molar-refractivity contribution in [2.45, 2.75) is 11.8 Å². The Morgan fingerprint density at radius 2 is 2.13 bits per heavy atom. The highest BCUT2D eigenvalue weighted by Crippen LogP contribution is 2.38. The summed E-state index contributed by atoms with van der Waals surface area (Å²) in [5.74, 6) is 0. The maximum absolute atomic E-state index is 11.8. The molecule has 0 aromatic heterocycles. The van der Waals surface area contributed by atoms with Gasteiger partial charge in [-0.2, -0.15) is 0 Å². The Bertz CT molecular complexity index is 694. The van der Waals surface area contributed by atoms with Gasteiger partial charge in [0.1, 0.15) is 0 Å². The Morgan fingerprint density at radius 3 is 2.93 bits per heavy atom. The van der Waals surface area contributed by atoms with Crippen molar-refractivity contribution in [3.63, 3.8) is 0 Å². The quantitative estimate of drug-likeness (QED) is 0.740. The van der Waals surface area contributed by atoms with Gasteiger partial charge in [-0.3, -0.25) is 4.72 Å². The molecule has 3 nitrogen and oxygen atoms in total. The van der Waals surface area contributed by atoms with Crippen LogP contribution in [0.5, 0.6) is 0 Å². The summed E-state index contributed by atoms with van der Waals surface area (Å²) in [6, 6.07) is 8.68. The molecule has 0 aliphatic carbocycles. The average Bonchev–Trinajstić information content (AvgIpc) is 2.53. The minimum absolute atomic E-state index is 0.153. The van der Waals surface area contributed by atoms with Gasteiger partial charge in [0.2, 0.25) is 0 Å². The summed E-state index contributed by atoms with van der Waals surface area (Å²) in [7, 11) is -3.39. The van der Waals surface area contributed by atoms with E-state index in [1.54, 1.807) is 24.3 Å². The Kier molecular flexibility index (Phi) is 1.29. The molecule has 0 saturated heterocycles. The van der Waals surface area contributed by atoms with Crippen LogP contribution in [-0.2, 0) is 10.0 Å². The molecular formula is C11H9NO2S. The fourth-order valence-electron chi connectivity index (χ4n) is 1.94. The second kappa shape index (κ2) is 2.52. The molecule has 0 bridgehead atoms. The van der Waals surface area contributed by atoms with E-state index in [1.165, 1.54) is 0 Å². The minimum atomic E-state index is -3.39. The molecule has 1 heterocycles. The Morgan fingerprint density at radius 1 is 1.27 bits per heavy atom. The summed E-state index contributed by atoms with van der Waals surface area (Å²) >= 11 is 0. The Labute approximate surface area is 89.2 Å². The van der Waals surface area contributed by atoms with E-state index in [0.29, 0.717) is 16.0 Å². The largest absolute Gasteiger partial charge is 0.279 e. The first-order chi connectivity index (χ1) is 7.63. The minimum Gasteiger partial charge on any atom is -0.279 e. The first kappa shape index (κ1) is 7.70. The van der Waals surface area contributed by atoms with Gasteiger partial charge in [-0.05, 0) is 30.0 Å². The van der Waals surface area contributed by atoms with E-state index in [2.05, 4.69) is 4.72 Å². The van der Waals surface area contributed by atoms with Crippen LogP contribution in [0.1, 0.15) is 6.93 Å². The van der Waals surface area contributed by atoms with Crippen LogP contribution in [0.3, 0.4) is 0 Å². The summed E-state index contributed by atoms with van der Waals surface area (Å²) in [6.07, 6.45) is 0. The lowest BCUT2D eigenvalue weighted by atomic mass is 10.0. The summed E-state index contributed by atoms with van der Waals surface area (Å²) < 4.78 is 33.5. The number of nitrogens with one attached hydrogen (secondary N) is 1. The lowest BCUT2D eigenvalue weighted by Gasteiger charge is -2.01. The van der Waals surface area contributed by atoms with Crippen molar-refractivity contribution >= 4 is 26.5 Å². The van der Waals surface area contributed by atoms with Gasteiger partial charge in [0.25, 0.3) is 10.0 Å². The maximum Gasteiger partial charge on any atom is 0.262 e. The molecule has 0 atom stereocenters. The number of hydrogen-bond donors (Lipinski definition) is 1. The second-order valence-corrected chi connectivity index (χ2v) is 5.21. The molecule has 3 rings (SSSR count). The van der Waals surface area contributed by atoms with E-state index in [0.717, 1.165) is 10.9 Å². The summed E-state index contributed by atoms with van der Waals surface area (Å²) in [4.78, 5) is 0.315. The number of aryl methyl sites for hydroxylation is 1. The highest BCUT2D eigenvalue weighted by molar-refractivity contribution is 7.93. The molecular weight excluding hydrogens is 210 g/mol. The van der Waals surface area contributed by atoms with E-state index >= 15 is 0 Å². The van der Waals surface area contributed by atoms with E-state index in [4.69, 9.17) is 1.37 Å². The normalized spacial score (nSPS) is 17.5. The number of anilines is 1. The second-order valence-electron chi connectivity index (χ2n) is 3.56. The third-order valence-corrected chi connectivity index (χ3v) is 4.03. The monoisotopic (exact) mass is 220 g/mol. The smallest absolute Gasteiger partial charge is 0.262 e. The fraction of sp³-hybridized carbons (Fsp3) is 0.0909. The van der Waals surface area contributed by atoms with Crippen LogP contribution in [-0.4, -0.2) is 8.42 Å². The zero-order valence-electron chi connectivity index (χ0n) is 8.82. The van der Waals surface area contributed by atoms with Gasteiger partial charge in [0.05, 0.1) is 10.6 Å². The standard InChI is InChI=1S/C11H9NO2S/c1-7-5-6-10-11-8(7)3-2-4-9(11)12-15(10,13)14/h2-6,12H,1H3/i1D. The highest BCUT2D eigenvalue weighted by Gasteiger charge is 2.27. The number of rotatable bonds is 0. The molecule has 0 spiro atoms. The van der Waals surface area contributed by atoms with E-state index in [-0.39, 0.29) is 6.90 Å². The third kappa shape index (κ3) is 1.02. The summed E-state index contributed by atoms with van der Waals surface area (Å²) in [6.45, 7) is 0.153. The van der Waals surface area contributed by atoms with Crippen LogP contribution in [0.2, 0.25) is 0 Å². The molecule has 0 fully saturated rings. The molecule has 2 aromatic rings. The topological polar surface area (TPSA) is 46.2 Å². The number of sulfonamides is 1. The van der Waals surface area contributed by atoms with Crippen molar-refractivity contribution in [2.75, 3.05) is 4.72 Å². The van der Waals surface area contributed by atoms with Crippen molar-refractivity contribution in [1.82, 2.24) is 0 Å². The van der Waals surface area contributed by atoms with Crippen LogP contribution in [0.15, 0.2) is 35.2 Å². The van der Waals surface area contributed by atoms with Crippen molar-refractivity contribution in [3.05, 3.63) is 35.9 Å². The van der Waals surface area contributed by atoms with Gasteiger partial charge in [-0.25, -0.2) is 8.42 Å². The van der Waals surface area contributed by atoms with Gasteiger partial charge in [0.15, 0.2) is 0 Å². The molecule has 1 aliphatic heterocycles. The van der Waals surface area contributed by atoms with Crippen molar-refractivity contribution < 1.29 is 9.79 Å². The van der Waals surface area contributed by atoms with Crippen molar-refractivity contribution in [3.8, 4) is 0 Å². The first-order valence-electron chi connectivity index (χ1n) is 5.21. The van der Waals surface area contributed by atoms with Crippen LogP contribution < -0.4 is 4.72 Å². The lowest BCUT2D eigenvalue weighted by molar-refractivity contribution is 0.603. The molecule has 0 radical (unpaired) electrons. The summed E-state index contributed by atoms with van der Waals surface area (Å²) in [5, 5.41) is 1.56. The molecule has 1 N–H and O–H groups in total. The predicted molar refractivity (Wildman–Crippen MR) is 59.5 cm³/mol. The maximum atomic E-state index is 11.8. The zero-order valence-corrected chi connectivity index (χ0v) is 8.64. The molecule has 15 heavy (non-hydrogen) atoms. The van der Waals surface area contributed by atoms with Crippen molar-refractivity contribution in [2.24, 2.45) is 0 Å². The van der Waals surface area contributed by atoms with Gasteiger partial charge in [-0.15, -0.1) is 0 Å². The number of benzene rings is 2. The third-order valence-electron chi connectivity index (χ3n) is 2.63. The van der Waals surface area contributed by atoms with Crippen LogP contribution >= 0.6 is 0 Å². The summed E-state index contributed by atoms with van der Waals surface area (Å²) in [5.41, 5.74) is 1.46. The molecule has 0 amide bonds. The SMILES string of the molecule is [2H]Cc1ccc2c3c(cccc13)NS2(=O)=O. The molecule has 0 saturated carbocycles. The van der Waals surface area contributed by atoms with Crippen LogP contribution in [0.4, 0.5) is 5.69 Å². The van der Waals surface area contributed by atoms with Crippen LogP contribution in [0, 0.1) is 6.90 Å². The zero-order chi connectivity index (χ0) is 11.3. The van der Waals surface area contributed by atoms with E-state index in [9.17, 15) is 8.42 Å². The van der Waals surface area contributed by atoms with Gasteiger partial charge < -0.3 is 0 Å². The predicted octanol–water partition coefficient (Wildman–Crippen LogP) is 2.26. The van der Waals surface area contributed by atoms with Crippen molar-refractivity contribution in [1.29, 1.82) is 0 Å². The highest BCUT2D eigenvalue weighted by atomic mass is 32.2. The van der Waals surface area contributed by atoms with Crippen LogP contribution in [0.25, 0.3) is 10.8 Å².